The minimum absolute atomic E-state index is 0.0276. The fourth-order valence-electron chi connectivity index (χ4n) is 2.52. The number of phenolic OH excluding ortho intramolecular Hbond substituents is 1. The zero-order valence-electron chi connectivity index (χ0n) is 14.6. The van der Waals surface area contributed by atoms with Crippen molar-refractivity contribution in [2.45, 2.75) is 6.92 Å². The molecule has 0 aliphatic carbocycles. The van der Waals surface area contributed by atoms with Crippen molar-refractivity contribution in [3.63, 3.8) is 0 Å². The molecule has 1 saturated heterocycles. The van der Waals surface area contributed by atoms with Gasteiger partial charge in [-0.25, -0.2) is 0 Å². The maximum absolute atomic E-state index is 12.9. The minimum Gasteiger partial charge on any atom is -0.503 e. The van der Waals surface area contributed by atoms with Crippen LogP contribution in [0.15, 0.2) is 45.8 Å². The molecule has 8 heteroatoms. The van der Waals surface area contributed by atoms with E-state index >= 15 is 0 Å². The molecule has 1 heterocycles. The van der Waals surface area contributed by atoms with Gasteiger partial charge in [-0.3, -0.25) is 9.69 Å². The summed E-state index contributed by atoms with van der Waals surface area (Å²) in [5.74, 6) is 0.887. The highest BCUT2D eigenvalue weighted by Gasteiger charge is 2.33. The molecule has 2 aromatic carbocycles. The maximum Gasteiger partial charge on any atom is 0.270 e. The van der Waals surface area contributed by atoms with Gasteiger partial charge < -0.3 is 14.6 Å². The third kappa shape index (κ3) is 4.12. The standard InChI is InChI=1S/C19H16BrNO4S2/c1-3-25-15-9-11(8-14(20)17(15)22)10-16-18(23)21(19(26)27-16)12-4-6-13(24-2)7-5-12/h4-10,22H,3H2,1-2H3/b16-10-. The van der Waals surface area contributed by atoms with Crippen molar-refractivity contribution in [2.75, 3.05) is 18.6 Å². The van der Waals surface area contributed by atoms with Gasteiger partial charge in [-0.1, -0.05) is 24.0 Å². The summed E-state index contributed by atoms with van der Waals surface area (Å²) in [7, 11) is 1.59. The van der Waals surface area contributed by atoms with Gasteiger partial charge in [0.05, 0.1) is 28.8 Å². The van der Waals surface area contributed by atoms with Crippen LogP contribution >= 0.6 is 39.9 Å². The van der Waals surface area contributed by atoms with Crippen LogP contribution in [0.25, 0.3) is 6.08 Å². The van der Waals surface area contributed by atoms with Crippen molar-refractivity contribution in [1.82, 2.24) is 0 Å². The Balaban J connectivity index is 1.92. The summed E-state index contributed by atoms with van der Waals surface area (Å²) in [6.07, 6.45) is 1.73. The number of benzene rings is 2. The highest BCUT2D eigenvalue weighted by Crippen LogP contribution is 2.39. The molecule has 1 aliphatic rings. The Bertz CT molecular complexity index is 928. The van der Waals surface area contributed by atoms with Crippen LogP contribution in [0, 0.1) is 0 Å². The van der Waals surface area contributed by atoms with E-state index in [1.165, 1.54) is 16.7 Å². The zero-order valence-corrected chi connectivity index (χ0v) is 17.8. The molecular weight excluding hydrogens is 450 g/mol. The average Bonchev–Trinajstić information content (AvgIpc) is 2.93. The smallest absolute Gasteiger partial charge is 0.270 e. The number of methoxy groups -OCH3 is 1. The Morgan fingerprint density at radius 3 is 2.63 bits per heavy atom. The number of thioether (sulfide) groups is 1. The molecule has 1 N–H and O–H groups in total. The fourth-order valence-corrected chi connectivity index (χ4v) is 4.27. The molecule has 1 fully saturated rings. The second-order valence-electron chi connectivity index (χ2n) is 5.50. The van der Waals surface area contributed by atoms with E-state index in [2.05, 4.69) is 15.9 Å². The lowest BCUT2D eigenvalue weighted by Gasteiger charge is -2.14. The van der Waals surface area contributed by atoms with Crippen LogP contribution in [-0.4, -0.2) is 29.1 Å². The molecule has 0 spiro atoms. The molecule has 2 aromatic rings. The van der Waals surface area contributed by atoms with Crippen molar-refractivity contribution in [3.05, 3.63) is 51.3 Å². The second-order valence-corrected chi connectivity index (χ2v) is 8.03. The Morgan fingerprint density at radius 2 is 2.00 bits per heavy atom. The first-order valence-electron chi connectivity index (χ1n) is 8.02. The first-order valence-corrected chi connectivity index (χ1v) is 10.0. The Hall–Kier alpha value is -2.03. The number of hydrogen-bond acceptors (Lipinski definition) is 6. The topological polar surface area (TPSA) is 59.0 Å². The predicted octanol–water partition coefficient (Wildman–Crippen LogP) is 4.97. The van der Waals surface area contributed by atoms with Gasteiger partial charge in [-0.2, -0.15) is 0 Å². The number of phenols is 1. The number of nitrogens with zero attached hydrogens (tertiary/aromatic N) is 1. The van der Waals surface area contributed by atoms with Crippen LogP contribution in [0.1, 0.15) is 12.5 Å². The van der Waals surface area contributed by atoms with Crippen LogP contribution in [0.3, 0.4) is 0 Å². The number of aromatic hydroxyl groups is 1. The van der Waals surface area contributed by atoms with Gasteiger partial charge in [0.1, 0.15) is 5.75 Å². The normalized spacial score (nSPS) is 15.5. The van der Waals surface area contributed by atoms with Crippen LogP contribution < -0.4 is 14.4 Å². The largest absolute Gasteiger partial charge is 0.503 e. The third-order valence-corrected chi connectivity index (χ3v) is 5.68. The summed E-state index contributed by atoms with van der Waals surface area (Å²) in [5.41, 5.74) is 1.40. The summed E-state index contributed by atoms with van der Waals surface area (Å²) in [4.78, 5) is 14.8. The lowest BCUT2D eigenvalue weighted by molar-refractivity contribution is -0.113. The summed E-state index contributed by atoms with van der Waals surface area (Å²) in [6, 6.07) is 10.5. The Morgan fingerprint density at radius 1 is 1.30 bits per heavy atom. The molecule has 3 rings (SSSR count). The number of rotatable bonds is 5. The lowest BCUT2D eigenvalue weighted by Crippen LogP contribution is -2.27. The Kier molecular flexibility index (Phi) is 6.08. The molecule has 1 amide bonds. The average molecular weight is 466 g/mol. The summed E-state index contributed by atoms with van der Waals surface area (Å²) >= 11 is 9.93. The van der Waals surface area contributed by atoms with E-state index in [1.54, 1.807) is 49.6 Å². The molecule has 0 unspecified atom stereocenters. The van der Waals surface area contributed by atoms with Gasteiger partial charge in [0.2, 0.25) is 0 Å². The number of carbonyl (C=O) groups is 1. The number of hydrogen-bond donors (Lipinski definition) is 1. The van der Waals surface area contributed by atoms with Crippen molar-refractivity contribution in [1.29, 1.82) is 0 Å². The van der Waals surface area contributed by atoms with E-state index in [9.17, 15) is 9.90 Å². The maximum atomic E-state index is 12.9. The molecule has 1 aliphatic heterocycles. The number of thiocarbonyl (C=S) groups is 1. The van der Waals surface area contributed by atoms with Crippen molar-refractivity contribution >= 4 is 61.9 Å². The number of halogens is 1. The van der Waals surface area contributed by atoms with Gasteiger partial charge in [0, 0.05) is 0 Å². The van der Waals surface area contributed by atoms with Crippen molar-refractivity contribution in [2.24, 2.45) is 0 Å². The first kappa shape index (κ1) is 19.7. The summed E-state index contributed by atoms with van der Waals surface area (Å²) < 4.78 is 11.5. The number of anilines is 1. The molecule has 5 nitrogen and oxygen atoms in total. The third-order valence-electron chi connectivity index (χ3n) is 3.77. The molecule has 0 aromatic heterocycles. The number of amides is 1. The van der Waals surface area contributed by atoms with Gasteiger partial charge in [0.15, 0.2) is 15.8 Å². The van der Waals surface area contributed by atoms with Gasteiger partial charge in [0.25, 0.3) is 5.91 Å². The fraction of sp³-hybridized carbons (Fsp3) is 0.158. The van der Waals surface area contributed by atoms with Crippen molar-refractivity contribution < 1.29 is 19.4 Å². The SMILES string of the molecule is CCOc1cc(/C=C2\SC(=S)N(c3ccc(OC)cc3)C2=O)cc(Br)c1O. The van der Waals surface area contributed by atoms with E-state index in [-0.39, 0.29) is 11.7 Å². The molecule has 0 bridgehead atoms. The van der Waals surface area contributed by atoms with Gasteiger partial charge in [-0.15, -0.1) is 0 Å². The van der Waals surface area contributed by atoms with E-state index in [1.807, 2.05) is 6.92 Å². The molecule has 0 saturated carbocycles. The molecule has 0 radical (unpaired) electrons. The van der Waals surface area contributed by atoms with Crippen LogP contribution in [0.5, 0.6) is 17.2 Å². The van der Waals surface area contributed by atoms with E-state index < -0.39 is 0 Å². The monoisotopic (exact) mass is 465 g/mol. The molecule has 27 heavy (non-hydrogen) atoms. The van der Waals surface area contributed by atoms with Gasteiger partial charge in [-0.05, 0) is 70.9 Å². The summed E-state index contributed by atoms with van der Waals surface area (Å²) in [5, 5.41) is 10.0. The molecule has 140 valence electrons. The van der Waals surface area contributed by atoms with E-state index in [4.69, 9.17) is 21.7 Å². The lowest BCUT2D eigenvalue weighted by atomic mass is 10.2. The number of ether oxygens (including phenoxy) is 2. The van der Waals surface area contributed by atoms with E-state index in [0.29, 0.717) is 37.5 Å². The first-order chi connectivity index (χ1) is 12.9. The zero-order chi connectivity index (χ0) is 19.6. The highest BCUT2D eigenvalue weighted by atomic mass is 79.9. The van der Waals surface area contributed by atoms with Crippen LogP contribution in [0.2, 0.25) is 0 Å². The predicted molar refractivity (Wildman–Crippen MR) is 116 cm³/mol. The summed E-state index contributed by atoms with van der Waals surface area (Å²) in [6.45, 7) is 2.25. The highest BCUT2D eigenvalue weighted by molar-refractivity contribution is 9.10. The van der Waals surface area contributed by atoms with Crippen LogP contribution in [-0.2, 0) is 4.79 Å². The molecule has 0 atom stereocenters. The Labute approximate surface area is 175 Å². The second kappa shape index (κ2) is 8.33. The van der Waals surface area contributed by atoms with Crippen molar-refractivity contribution in [3.8, 4) is 17.2 Å². The van der Waals surface area contributed by atoms with Crippen LogP contribution in [0.4, 0.5) is 5.69 Å². The minimum atomic E-state index is -0.197. The quantitative estimate of drug-likeness (QED) is 0.496. The van der Waals surface area contributed by atoms with E-state index in [0.717, 1.165) is 5.56 Å². The van der Waals surface area contributed by atoms with Gasteiger partial charge >= 0.3 is 0 Å². The number of carbonyl (C=O) groups excluding carboxylic acids is 1. The molecular formula is C19H16BrNO4S2.